The van der Waals surface area contributed by atoms with E-state index in [4.69, 9.17) is 22.3 Å². The molecule has 200 valence electrons. The number of nitrogens with zero attached hydrogens (tertiary/aromatic N) is 5. The Morgan fingerprint density at radius 1 is 1.03 bits per heavy atom. The number of thiazole rings is 1. The molecule has 2 unspecified atom stereocenters. The van der Waals surface area contributed by atoms with Crippen LogP contribution in [0, 0.1) is 11.8 Å². The van der Waals surface area contributed by atoms with Crippen LogP contribution in [0.5, 0.6) is 0 Å². The summed E-state index contributed by atoms with van der Waals surface area (Å²) in [6.45, 7) is 1.42. The van der Waals surface area contributed by atoms with Gasteiger partial charge < -0.3 is 10.3 Å². The number of rotatable bonds is 7. The summed E-state index contributed by atoms with van der Waals surface area (Å²) < 4.78 is 27.8. The Balaban J connectivity index is 1.24. The monoisotopic (exact) mass is 556 g/mol. The minimum absolute atomic E-state index is 0.107. The lowest BCUT2D eigenvalue weighted by Gasteiger charge is -2.34. The molecule has 2 fully saturated rings. The van der Waals surface area contributed by atoms with Gasteiger partial charge in [-0.3, -0.25) is 4.90 Å². The van der Waals surface area contributed by atoms with Gasteiger partial charge >= 0.3 is 0 Å². The first-order chi connectivity index (χ1) is 18.4. The molecule has 6 nitrogen and oxygen atoms in total. The predicted octanol–water partition coefficient (Wildman–Crippen LogP) is 6.70. The first kappa shape index (κ1) is 25.6. The summed E-state index contributed by atoms with van der Waals surface area (Å²) in [5.74, 6) is 1.54. The molecule has 2 N–H and O–H groups in total. The van der Waals surface area contributed by atoms with Gasteiger partial charge in [0.1, 0.15) is 16.5 Å². The number of fused-ring (bicyclic) bond motifs is 1. The van der Waals surface area contributed by atoms with Crippen molar-refractivity contribution >= 4 is 39.8 Å². The normalized spacial score (nSPS) is 21.2. The Bertz CT molecular complexity index is 1400. The summed E-state index contributed by atoms with van der Waals surface area (Å²) in [6, 6.07) is 10.6. The zero-order valence-electron chi connectivity index (χ0n) is 21.1. The first-order valence-corrected chi connectivity index (χ1v) is 14.5. The number of alkyl halides is 2. The molecule has 2 atom stereocenters. The van der Waals surface area contributed by atoms with E-state index in [9.17, 15) is 8.78 Å². The maximum atomic E-state index is 12.8. The van der Waals surface area contributed by atoms with Crippen molar-refractivity contribution in [3.8, 4) is 10.6 Å². The molecule has 10 heteroatoms. The van der Waals surface area contributed by atoms with Gasteiger partial charge in [-0.2, -0.15) is 4.98 Å². The average Bonchev–Trinajstić information content (AvgIpc) is 3.63. The van der Waals surface area contributed by atoms with Gasteiger partial charge in [0.15, 0.2) is 0 Å². The Labute approximate surface area is 229 Å². The molecule has 0 spiro atoms. The largest absolute Gasteiger partial charge is 0.383 e. The fourth-order valence-corrected chi connectivity index (χ4v) is 7.39. The number of hydrogen-bond acceptors (Lipinski definition) is 6. The highest BCUT2D eigenvalue weighted by atomic mass is 35.5. The van der Waals surface area contributed by atoms with E-state index in [-0.39, 0.29) is 17.9 Å². The van der Waals surface area contributed by atoms with Gasteiger partial charge in [0, 0.05) is 29.6 Å². The van der Waals surface area contributed by atoms with Crippen molar-refractivity contribution in [2.45, 2.75) is 51.0 Å². The molecule has 1 aromatic carbocycles. The van der Waals surface area contributed by atoms with Crippen LogP contribution in [0.15, 0.2) is 41.9 Å². The van der Waals surface area contributed by atoms with E-state index in [1.165, 1.54) is 5.56 Å². The van der Waals surface area contributed by atoms with E-state index < -0.39 is 6.43 Å². The third-order valence-electron chi connectivity index (χ3n) is 8.22. The Morgan fingerprint density at radius 3 is 2.58 bits per heavy atom. The molecule has 4 aromatic rings. The molecule has 6 rings (SSSR count). The van der Waals surface area contributed by atoms with Crippen molar-refractivity contribution in [1.82, 2.24) is 24.4 Å². The molecule has 4 heterocycles. The van der Waals surface area contributed by atoms with Gasteiger partial charge in [-0.25, -0.2) is 18.7 Å². The van der Waals surface area contributed by atoms with Gasteiger partial charge in [0.25, 0.3) is 6.43 Å². The molecule has 0 bridgehead atoms. The standard InChI is InChI=1S/C28H31ClF2N6S/c29-28-34-25(32)24-22(27-33-20(16-38-27)12-17-4-2-1-3-5-17)14-37(26(24)35-28)21-7-6-19(13-21)18-8-10-36(11-9-18)15-23(30)31/h1-5,14,16,18-19,21,23H,6-13,15H2,(H2,32,34,35). The van der Waals surface area contributed by atoms with E-state index in [1.807, 2.05) is 23.1 Å². The second-order valence-electron chi connectivity index (χ2n) is 10.6. The molecule has 38 heavy (non-hydrogen) atoms. The Hall–Kier alpha value is -2.62. The molecule has 2 aliphatic rings. The molecule has 0 radical (unpaired) electrons. The summed E-state index contributed by atoms with van der Waals surface area (Å²) in [4.78, 5) is 15.7. The number of halogens is 3. The topological polar surface area (TPSA) is 72.9 Å². The lowest BCUT2D eigenvalue weighted by atomic mass is 9.83. The van der Waals surface area contributed by atoms with Crippen LogP contribution in [0.2, 0.25) is 5.28 Å². The van der Waals surface area contributed by atoms with Gasteiger partial charge in [0.2, 0.25) is 5.28 Å². The molecule has 1 aliphatic carbocycles. The maximum absolute atomic E-state index is 12.8. The molecular formula is C28H31ClF2N6S. The molecule has 1 saturated carbocycles. The van der Waals surface area contributed by atoms with Crippen LogP contribution in [0.3, 0.4) is 0 Å². The SMILES string of the molecule is Nc1nc(Cl)nc2c1c(-c1nc(Cc3ccccc3)cs1)cn2C1CCC(C2CCN(CC(F)F)CC2)C1. The van der Waals surface area contributed by atoms with Crippen molar-refractivity contribution in [3.05, 3.63) is 58.4 Å². The smallest absolute Gasteiger partial charge is 0.251 e. The number of aromatic nitrogens is 4. The van der Waals surface area contributed by atoms with Crippen molar-refractivity contribution in [2.75, 3.05) is 25.4 Å². The molecular weight excluding hydrogens is 526 g/mol. The summed E-state index contributed by atoms with van der Waals surface area (Å²) >= 11 is 7.87. The van der Waals surface area contributed by atoms with Crippen LogP contribution in [0.1, 0.15) is 49.4 Å². The minimum Gasteiger partial charge on any atom is -0.383 e. The van der Waals surface area contributed by atoms with E-state index in [2.05, 4.69) is 38.2 Å². The maximum Gasteiger partial charge on any atom is 0.251 e. The van der Waals surface area contributed by atoms with Crippen LogP contribution in [0.25, 0.3) is 21.6 Å². The quantitative estimate of drug-likeness (QED) is 0.256. The summed E-state index contributed by atoms with van der Waals surface area (Å²) in [7, 11) is 0. The van der Waals surface area contributed by atoms with Crippen LogP contribution in [-0.2, 0) is 6.42 Å². The lowest BCUT2D eigenvalue weighted by Crippen LogP contribution is -2.38. The minimum atomic E-state index is -2.26. The zero-order valence-corrected chi connectivity index (χ0v) is 22.6. The summed E-state index contributed by atoms with van der Waals surface area (Å²) in [5.41, 5.74) is 10.3. The van der Waals surface area contributed by atoms with Crippen LogP contribution >= 0.6 is 22.9 Å². The first-order valence-electron chi connectivity index (χ1n) is 13.3. The number of benzene rings is 1. The Morgan fingerprint density at radius 2 is 1.82 bits per heavy atom. The zero-order chi connectivity index (χ0) is 26.2. The summed E-state index contributed by atoms with van der Waals surface area (Å²) in [6.07, 6.45) is 5.85. The van der Waals surface area contributed by atoms with Crippen LogP contribution in [0.4, 0.5) is 14.6 Å². The summed E-state index contributed by atoms with van der Waals surface area (Å²) in [5, 5.41) is 3.95. The van der Waals surface area contributed by atoms with Gasteiger partial charge in [-0.1, -0.05) is 30.3 Å². The molecule has 3 aromatic heterocycles. The fourth-order valence-electron chi connectivity index (χ4n) is 6.38. The van der Waals surface area contributed by atoms with Gasteiger partial charge in [-0.15, -0.1) is 11.3 Å². The second-order valence-corrected chi connectivity index (χ2v) is 11.8. The number of nitrogen functional groups attached to an aromatic ring is 1. The van der Waals surface area contributed by atoms with Crippen molar-refractivity contribution < 1.29 is 8.78 Å². The number of nitrogens with two attached hydrogens (primary N) is 1. The van der Waals surface area contributed by atoms with Crippen molar-refractivity contribution in [1.29, 1.82) is 0 Å². The van der Waals surface area contributed by atoms with E-state index >= 15 is 0 Å². The number of piperidine rings is 1. The highest BCUT2D eigenvalue weighted by Gasteiger charge is 2.35. The van der Waals surface area contributed by atoms with Crippen LogP contribution in [-0.4, -0.2) is 50.5 Å². The Kier molecular flexibility index (Phi) is 7.33. The second kappa shape index (κ2) is 10.9. The van der Waals surface area contributed by atoms with E-state index in [1.54, 1.807) is 11.3 Å². The van der Waals surface area contributed by atoms with Gasteiger partial charge in [0.05, 0.1) is 17.6 Å². The predicted molar refractivity (Wildman–Crippen MR) is 149 cm³/mol. The lowest BCUT2D eigenvalue weighted by molar-refractivity contribution is 0.0609. The third-order valence-corrected chi connectivity index (χ3v) is 9.31. The molecule has 0 amide bonds. The van der Waals surface area contributed by atoms with E-state index in [0.29, 0.717) is 17.7 Å². The highest BCUT2D eigenvalue weighted by Crippen LogP contribution is 2.45. The van der Waals surface area contributed by atoms with Crippen LogP contribution < -0.4 is 5.73 Å². The van der Waals surface area contributed by atoms with Crippen molar-refractivity contribution in [3.63, 3.8) is 0 Å². The van der Waals surface area contributed by atoms with E-state index in [0.717, 1.165) is 78.9 Å². The highest BCUT2D eigenvalue weighted by molar-refractivity contribution is 7.13. The van der Waals surface area contributed by atoms with Gasteiger partial charge in [-0.05, 0) is 74.2 Å². The average molecular weight is 557 g/mol. The molecule has 1 saturated heterocycles. The number of likely N-dealkylation sites (tertiary alicyclic amines) is 1. The third kappa shape index (κ3) is 5.28. The number of hydrogen-bond donors (Lipinski definition) is 1. The number of anilines is 1. The fraction of sp³-hybridized carbons (Fsp3) is 0.464. The van der Waals surface area contributed by atoms with Crippen molar-refractivity contribution in [2.24, 2.45) is 11.8 Å². The molecule has 1 aliphatic heterocycles.